The minimum atomic E-state index is -0.126. The van der Waals surface area contributed by atoms with Crippen molar-refractivity contribution in [1.29, 1.82) is 0 Å². The van der Waals surface area contributed by atoms with Crippen molar-refractivity contribution in [1.82, 2.24) is 19.3 Å². The standard InChI is InChI=1S/C23H31N5O2S2/c1-12(2)10-28-22(30)19-16-8-7-13(3)9-17(16)32-21(19)25-23(28)31-11-18(29)24-20-14(4)26-27(6)15(20)5/h12-13H,7-11H2,1-6H3,(H,24,29). The lowest BCUT2D eigenvalue weighted by Gasteiger charge is -2.18. The van der Waals surface area contributed by atoms with Crippen molar-refractivity contribution in [3.05, 3.63) is 32.2 Å². The summed E-state index contributed by atoms with van der Waals surface area (Å²) in [5, 5.41) is 8.74. The zero-order valence-electron chi connectivity index (χ0n) is 19.6. The van der Waals surface area contributed by atoms with E-state index >= 15 is 0 Å². The number of thiophene rings is 1. The van der Waals surface area contributed by atoms with Gasteiger partial charge in [-0.15, -0.1) is 11.3 Å². The third-order valence-corrected chi connectivity index (χ3v) is 8.16. The van der Waals surface area contributed by atoms with Crippen LogP contribution >= 0.6 is 23.1 Å². The van der Waals surface area contributed by atoms with E-state index in [-0.39, 0.29) is 17.2 Å². The molecule has 0 aromatic carbocycles. The summed E-state index contributed by atoms with van der Waals surface area (Å²) in [5.41, 5.74) is 3.70. The molecule has 0 aliphatic heterocycles. The summed E-state index contributed by atoms with van der Waals surface area (Å²) in [6.07, 6.45) is 3.09. The normalized spacial score (nSPS) is 16.0. The SMILES string of the molecule is Cc1nn(C)c(C)c1NC(=O)CSc1nc2sc3c(c2c(=O)n1CC(C)C)CCC(C)C3. The molecule has 172 valence electrons. The zero-order chi connectivity index (χ0) is 23.2. The number of anilines is 1. The molecule has 1 N–H and O–H groups in total. The lowest BCUT2D eigenvalue weighted by Crippen LogP contribution is -2.26. The van der Waals surface area contributed by atoms with Gasteiger partial charge in [0.1, 0.15) is 4.83 Å². The molecule has 1 aliphatic rings. The molecule has 0 bridgehead atoms. The van der Waals surface area contributed by atoms with E-state index in [2.05, 4.69) is 31.2 Å². The molecule has 1 atom stereocenters. The van der Waals surface area contributed by atoms with E-state index < -0.39 is 0 Å². The second kappa shape index (κ2) is 9.02. The number of hydrogen-bond acceptors (Lipinski definition) is 6. The summed E-state index contributed by atoms with van der Waals surface area (Å²) >= 11 is 2.98. The maximum absolute atomic E-state index is 13.5. The molecule has 9 heteroatoms. The van der Waals surface area contributed by atoms with Crippen LogP contribution in [0, 0.1) is 25.7 Å². The molecule has 3 aromatic rings. The quantitative estimate of drug-likeness (QED) is 0.426. The van der Waals surface area contributed by atoms with Crippen LogP contribution < -0.4 is 10.9 Å². The second-order valence-corrected chi connectivity index (χ2v) is 11.3. The van der Waals surface area contributed by atoms with Gasteiger partial charge in [0.25, 0.3) is 5.56 Å². The first-order chi connectivity index (χ1) is 15.2. The molecule has 7 nitrogen and oxygen atoms in total. The van der Waals surface area contributed by atoms with E-state index in [0.29, 0.717) is 23.5 Å². The molecule has 1 unspecified atom stereocenters. The molecule has 0 saturated carbocycles. The van der Waals surface area contributed by atoms with Crippen LogP contribution in [-0.4, -0.2) is 31.0 Å². The van der Waals surface area contributed by atoms with Crippen LogP contribution in [0.4, 0.5) is 5.69 Å². The van der Waals surface area contributed by atoms with Crippen LogP contribution in [0.5, 0.6) is 0 Å². The van der Waals surface area contributed by atoms with Crippen LogP contribution in [0.15, 0.2) is 9.95 Å². The van der Waals surface area contributed by atoms with Crippen LogP contribution in [0.2, 0.25) is 0 Å². The number of thioether (sulfide) groups is 1. The smallest absolute Gasteiger partial charge is 0.263 e. The van der Waals surface area contributed by atoms with Crippen molar-refractivity contribution in [2.45, 2.75) is 65.6 Å². The molecule has 0 radical (unpaired) electrons. The van der Waals surface area contributed by atoms with E-state index in [1.807, 2.05) is 20.9 Å². The minimum absolute atomic E-state index is 0.0395. The maximum atomic E-state index is 13.5. The Kier molecular flexibility index (Phi) is 6.49. The number of fused-ring (bicyclic) bond motifs is 3. The fourth-order valence-corrected chi connectivity index (χ4v) is 6.53. The van der Waals surface area contributed by atoms with Gasteiger partial charge < -0.3 is 5.32 Å². The number of rotatable bonds is 6. The Morgan fingerprint density at radius 1 is 1.34 bits per heavy atom. The van der Waals surface area contributed by atoms with Crippen molar-refractivity contribution < 1.29 is 4.79 Å². The molecular formula is C23H31N5O2S2. The number of hydrogen-bond donors (Lipinski definition) is 1. The minimum Gasteiger partial charge on any atom is -0.322 e. The Morgan fingerprint density at radius 2 is 2.09 bits per heavy atom. The first-order valence-electron chi connectivity index (χ1n) is 11.1. The van der Waals surface area contributed by atoms with Crippen molar-refractivity contribution in [2.75, 3.05) is 11.1 Å². The highest BCUT2D eigenvalue weighted by atomic mass is 32.2. The molecule has 4 rings (SSSR count). The lowest BCUT2D eigenvalue weighted by atomic mass is 9.89. The molecule has 0 saturated heterocycles. The van der Waals surface area contributed by atoms with E-state index in [1.54, 1.807) is 20.6 Å². The second-order valence-electron chi connectivity index (χ2n) is 9.24. The fraction of sp³-hybridized carbons (Fsp3) is 0.565. The highest BCUT2D eigenvalue weighted by molar-refractivity contribution is 7.99. The number of nitrogens with one attached hydrogen (secondary N) is 1. The predicted octanol–water partition coefficient (Wildman–Crippen LogP) is 4.32. The van der Waals surface area contributed by atoms with Gasteiger partial charge in [-0.25, -0.2) is 4.98 Å². The number of carbonyl (C=O) groups excluding carboxylic acids is 1. The maximum Gasteiger partial charge on any atom is 0.263 e. The fourth-order valence-electron chi connectivity index (χ4n) is 4.30. The van der Waals surface area contributed by atoms with Crippen LogP contribution in [-0.2, 0) is 31.2 Å². The highest BCUT2D eigenvalue weighted by Gasteiger charge is 2.25. The van der Waals surface area contributed by atoms with Gasteiger partial charge in [0.15, 0.2) is 5.16 Å². The molecule has 32 heavy (non-hydrogen) atoms. The van der Waals surface area contributed by atoms with Crippen LogP contribution in [0.3, 0.4) is 0 Å². The van der Waals surface area contributed by atoms with E-state index in [0.717, 1.165) is 46.6 Å². The average Bonchev–Trinajstić information content (AvgIpc) is 3.19. The monoisotopic (exact) mass is 473 g/mol. The summed E-state index contributed by atoms with van der Waals surface area (Å²) < 4.78 is 3.53. The number of amides is 1. The van der Waals surface area contributed by atoms with Crippen LogP contribution in [0.1, 0.15) is 49.0 Å². The van der Waals surface area contributed by atoms with Gasteiger partial charge in [0, 0.05) is 18.5 Å². The Balaban J connectivity index is 1.63. The first kappa shape index (κ1) is 23.0. The highest BCUT2D eigenvalue weighted by Crippen LogP contribution is 2.36. The Hall–Kier alpha value is -2.13. The number of aryl methyl sites for hydroxylation is 3. The van der Waals surface area contributed by atoms with Gasteiger partial charge in [0.05, 0.1) is 28.2 Å². The third kappa shape index (κ3) is 4.37. The van der Waals surface area contributed by atoms with Gasteiger partial charge in [-0.05, 0) is 50.5 Å². The summed E-state index contributed by atoms with van der Waals surface area (Å²) in [5.74, 6) is 1.01. The topological polar surface area (TPSA) is 81.8 Å². The molecule has 3 heterocycles. The van der Waals surface area contributed by atoms with Gasteiger partial charge in [-0.3, -0.25) is 18.8 Å². The molecule has 3 aromatic heterocycles. The van der Waals surface area contributed by atoms with Gasteiger partial charge in [0.2, 0.25) is 5.91 Å². The van der Waals surface area contributed by atoms with Crippen molar-refractivity contribution in [3.8, 4) is 0 Å². The third-order valence-electron chi connectivity index (χ3n) is 6.03. The van der Waals surface area contributed by atoms with E-state index in [4.69, 9.17) is 4.98 Å². The zero-order valence-corrected chi connectivity index (χ0v) is 21.2. The van der Waals surface area contributed by atoms with Crippen LogP contribution in [0.25, 0.3) is 10.2 Å². The molecule has 1 aliphatic carbocycles. The Bertz CT molecular complexity index is 1240. The first-order valence-corrected chi connectivity index (χ1v) is 12.9. The van der Waals surface area contributed by atoms with E-state index in [9.17, 15) is 9.59 Å². The van der Waals surface area contributed by atoms with Crippen molar-refractivity contribution in [3.63, 3.8) is 0 Å². The average molecular weight is 474 g/mol. The summed E-state index contributed by atoms with van der Waals surface area (Å²) in [6.45, 7) is 10.9. The van der Waals surface area contributed by atoms with Gasteiger partial charge in [-0.1, -0.05) is 32.5 Å². The molecular weight excluding hydrogens is 442 g/mol. The molecule has 0 fully saturated rings. The number of aromatic nitrogens is 4. The Morgan fingerprint density at radius 3 is 2.75 bits per heavy atom. The van der Waals surface area contributed by atoms with E-state index in [1.165, 1.54) is 22.2 Å². The van der Waals surface area contributed by atoms with Crippen molar-refractivity contribution in [2.24, 2.45) is 18.9 Å². The predicted molar refractivity (Wildman–Crippen MR) is 132 cm³/mol. The summed E-state index contributed by atoms with van der Waals surface area (Å²) in [6, 6.07) is 0. The van der Waals surface area contributed by atoms with Crippen molar-refractivity contribution >= 4 is 44.9 Å². The molecule has 0 spiro atoms. The van der Waals surface area contributed by atoms with Gasteiger partial charge >= 0.3 is 0 Å². The van der Waals surface area contributed by atoms with Gasteiger partial charge in [-0.2, -0.15) is 5.10 Å². The summed E-state index contributed by atoms with van der Waals surface area (Å²) in [7, 11) is 1.86. The number of carbonyl (C=O) groups is 1. The Labute approximate surface area is 196 Å². The largest absolute Gasteiger partial charge is 0.322 e. The number of nitrogens with zero attached hydrogens (tertiary/aromatic N) is 4. The molecule has 1 amide bonds. The summed E-state index contributed by atoms with van der Waals surface area (Å²) in [4.78, 5) is 33.2. The lowest BCUT2D eigenvalue weighted by molar-refractivity contribution is -0.113.